The Bertz CT molecular complexity index is 761. The van der Waals surface area contributed by atoms with Crippen LogP contribution in [0.2, 0.25) is 0 Å². The number of likely N-dealkylation sites (N-methyl/N-ethyl adjacent to an activating group) is 1. The molecule has 0 atom stereocenters. The van der Waals surface area contributed by atoms with Crippen LogP contribution in [0.25, 0.3) is 10.9 Å². The van der Waals surface area contributed by atoms with E-state index in [1.54, 1.807) is 11.7 Å². The van der Waals surface area contributed by atoms with Crippen LogP contribution in [-0.2, 0) is 11.2 Å². The van der Waals surface area contributed by atoms with Gasteiger partial charge in [-0.1, -0.05) is 0 Å². The molecule has 0 aliphatic heterocycles. The molecule has 1 aliphatic carbocycles. The van der Waals surface area contributed by atoms with Gasteiger partial charge in [-0.25, -0.2) is 4.79 Å². The summed E-state index contributed by atoms with van der Waals surface area (Å²) in [6.45, 7) is 0.909. The van der Waals surface area contributed by atoms with Crippen molar-refractivity contribution in [1.29, 1.82) is 0 Å². The minimum absolute atomic E-state index is 0.0387. The molecule has 6 nitrogen and oxygen atoms in total. The SMILES string of the molecule is COc1ccc2c(c1)c(CCN(C)C)cn2C(=O)OC1CCC(N)CC1. The minimum atomic E-state index is -0.309. The molecular weight excluding hydrogens is 330 g/mol. The Morgan fingerprint density at radius 1 is 1.27 bits per heavy atom. The smallest absolute Gasteiger partial charge is 0.418 e. The van der Waals surface area contributed by atoms with E-state index >= 15 is 0 Å². The van der Waals surface area contributed by atoms with Crippen molar-refractivity contribution in [2.24, 2.45) is 5.73 Å². The quantitative estimate of drug-likeness (QED) is 0.889. The van der Waals surface area contributed by atoms with Gasteiger partial charge in [-0.05, 0) is 70.0 Å². The normalized spacial score (nSPS) is 20.5. The van der Waals surface area contributed by atoms with Crippen LogP contribution in [0.5, 0.6) is 5.75 Å². The number of hydrogen-bond donors (Lipinski definition) is 1. The number of nitrogens with two attached hydrogens (primary N) is 1. The van der Waals surface area contributed by atoms with Crippen molar-refractivity contribution in [2.75, 3.05) is 27.7 Å². The van der Waals surface area contributed by atoms with Crippen molar-refractivity contribution >= 4 is 17.0 Å². The number of nitrogens with zero attached hydrogens (tertiary/aromatic N) is 2. The van der Waals surface area contributed by atoms with E-state index in [1.165, 1.54) is 0 Å². The van der Waals surface area contributed by atoms with Crippen LogP contribution < -0.4 is 10.5 Å². The number of fused-ring (bicyclic) bond motifs is 1. The zero-order chi connectivity index (χ0) is 18.7. The first-order chi connectivity index (χ1) is 12.5. The summed E-state index contributed by atoms with van der Waals surface area (Å²) in [7, 11) is 5.74. The first kappa shape index (κ1) is 18.7. The summed E-state index contributed by atoms with van der Waals surface area (Å²) in [4.78, 5) is 14.9. The lowest BCUT2D eigenvalue weighted by Gasteiger charge is -2.25. The molecule has 3 rings (SSSR count). The van der Waals surface area contributed by atoms with E-state index in [-0.39, 0.29) is 18.2 Å². The lowest BCUT2D eigenvalue weighted by Crippen LogP contribution is -2.32. The van der Waals surface area contributed by atoms with Gasteiger partial charge in [0.2, 0.25) is 0 Å². The Balaban J connectivity index is 1.85. The lowest BCUT2D eigenvalue weighted by molar-refractivity contribution is 0.0736. The van der Waals surface area contributed by atoms with E-state index in [0.717, 1.165) is 60.9 Å². The molecule has 1 aromatic heterocycles. The molecule has 0 amide bonds. The third kappa shape index (κ3) is 4.19. The molecule has 1 saturated carbocycles. The van der Waals surface area contributed by atoms with E-state index in [0.29, 0.717) is 0 Å². The highest BCUT2D eigenvalue weighted by Gasteiger charge is 2.23. The molecule has 0 radical (unpaired) electrons. The molecule has 1 fully saturated rings. The summed E-state index contributed by atoms with van der Waals surface area (Å²) in [5, 5.41) is 1.04. The predicted octanol–water partition coefficient (Wildman–Crippen LogP) is 3.01. The molecule has 26 heavy (non-hydrogen) atoms. The van der Waals surface area contributed by atoms with Gasteiger partial charge in [-0.15, -0.1) is 0 Å². The lowest BCUT2D eigenvalue weighted by atomic mass is 9.94. The monoisotopic (exact) mass is 359 g/mol. The zero-order valence-electron chi connectivity index (χ0n) is 15.9. The summed E-state index contributed by atoms with van der Waals surface area (Å²) in [5.74, 6) is 0.788. The molecular formula is C20H29N3O3. The van der Waals surface area contributed by atoms with E-state index < -0.39 is 0 Å². The number of hydrogen-bond acceptors (Lipinski definition) is 5. The fourth-order valence-corrected chi connectivity index (χ4v) is 3.50. The molecule has 2 N–H and O–H groups in total. The zero-order valence-corrected chi connectivity index (χ0v) is 15.9. The Morgan fingerprint density at radius 3 is 2.65 bits per heavy atom. The second kappa shape index (κ2) is 8.10. The Kier molecular flexibility index (Phi) is 5.84. The van der Waals surface area contributed by atoms with Gasteiger partial charge in [0.1, 0.15) is 11.9 Å². The summed E-state index contributed by atoms with van der Waals surface area (Å²) in [5.41, 5.74) is 7.92. The van der Waals surface area contributed by atoms with Crippen molar-refractivity contribution in [1.82, 2.24) is 9.47 Å². The van der Waals surface area contributed by atoms with Crippen molar-refractivity contribution in [3.05, 3.63) is 30.0 Å². The second-order valence-corrected chi connectivity index (χ2v) is 7.38. The highest BCUT2D eigenvalue weighted by atomic mass is 16.6. The molecule has 1 aliphatic rings. The first-order valence-electron chi connectivity index (χ1n) is 9.27. The van der Waals surface area contributed by atoms with Crippen molar-refractivity contribution in [3.8, 4) is 5.75 Å². The maximum absolute atomic E-state index is 12.8. The molecule has 1 aromatic carbocycles. The minimum Gasteiger partial charge on any atom is -0.497 e. The molecule has 0 unspecified atom stereocenters. The van der Waals surface area contributed by atoms with Gasteiger partial charge in [0.15, 0.2) is 0 Å². The maximum atomic E-state index is 12.8. The average molecular weight is 359 g/mol. The van der Waals surface area contributed by atoms with Gasteiger partial charge in [0.25, 0.3) is 0 Å². The molecule has 142 valence electrons. The summed E-state index contributed by atoms with van der Waals surface area (Å²) >= 11 is 0. The number of aromatic nitrogens is 1. The van der Waals surface area contributed by atoms with Crippen LogP contribution in [0.4, 0.5) is 4.79 Å². The third-order valence-corrected chi connectivity index (χ3v) is 5.11. The Hall–Kier alpha value is -2.05. The van der Waals surface area contributed by atoms with E-state index in [2.05, 4.69) is 4.90 Å². The van der Waals surface area contributed by atoms with Crippen molar-refractivity contribution in [3.63, 3.8) is 0 Å². The maximum Gasteiger partial charge on any atom is 0.418 e. The van der Waals surface area contributed by atoms with Crippen molar-refractivity contribution in [2.45, 2.75) is 44.2 Å². The summed E-state index contributed by atoms with van der Waals surface area (Å²) in [6.07, 6.45) is 5.92. The number of benzene rings is 1. The molecule has 0 saturated heterocycles. The van der Waals surface area contributed by atoms with Crippen molar-refractivity contribution < 1.29 is 14.3 Å². The van der Waals surface area contributed by atoms with E-state index in [1.807, 2.05) is 38.5 Å². The van der Waals surface area contributed by atoms with Crippen LogP contribution in [0.1, 0.15) is 31.2 Å². The van der Waals surface area contributed by atoms with Crippen LogP contribution in [-0.4, -0.2) is 55.5 Å². The second-order valence-electron chi connectivity index (χ2n) is 7.38. The topological polar surface area (TPSA) is 69.7 Å². The van der Waals surface area contributed by atoms with E-state index in [4.69, 9.17) is 15.2 Å². The van der Waals surface area contributed by atoms with Gasteiger partial charge in [0, 0.05) is 24.2 Å². The van der Waals surface area contributed by atoms with E-state index in [9.17, 15) is 4.79 Å². The van der Waals surface area contributed by atoms with Gasteiger partial charge in [-0.3, -0.25) is 4.57 Å². The molecule has 0 bridgehead atoms. The van der Waals surface area contributed by atoms with Crippen LogP contribution in [0, 0.1) is 0 Å². The van der Waals surface area contributed by atoms with Crippen LogP contribution >= 0.6 is 0 Å². The highest BCUT2D eigenvalue weighted by molar-refractivity contribution is 5.92. The standard InChI is InChI=1S/C20H29N3O3/c1-22(2)11-10-14-13-23(19-9-8-17(25-3)12-18(14)19)20(24)26-16-6-4-15(21)5-7-16/h8-9,12-13,15-16H,4-7,10-11,21H2,1-3H3. The molecule has 1 heterocycles. The number of methoxy groups -OCH3 is 1. The first-order valence-corrected chi connectivity index (χ1v) is 9.27. The number of carbonyl (C=O) groups is 1. The van der Waals surface area contributed by atoms with Crippen LogP contribution in [0.3, 0.4) is 0 Å². The summed E-state index contributed by atoms with van der Waals surface area (Å²) < 4.78 is 12.7. The van der Waals surface area contributed by atoms with Gasteiger partial charge in [-0.2, -0.15) is 0 Å². The Morgan fingerprint density at radius 2 is 2.00 bits per heavy atom. The molecule has 6 heteroatoms. The van der Waals surface area contributed by atoms with Gasteiger partial charge < -0.3 is 20.1 Å². The van der Waals surface area contributed by atoms with Gasteiger partial charge >= 0.3 is 6.09 Å². The number of ether oxygens (including phenoxy) is 2. The largest absolute Gasteiger partial charge is 0.497 e. The third-order valence-electron chi connectivity index (χ3n) is 5.11. The molecule has 0 spiro atoms. The highest BCUT2D eigenvalue weighted by Crippen LogP contribution is 2.28. The fourth-order valence-electron chi connectivity index (χ4n) is 3.50. The molecule has 2 aromatic rings. The van der Waals surface area contributed by atoms with Crippen LogP contribution in [0.15, 0.2) is 24.4 Å². The average Bonchev–Trinajstić information content (AvgIpc) is 2.99. The number of carbonyl (C=O) groups excluding carboxylic acids is 1. The van der Waals surface area contributed by atoms with Gasteiger partial charge in [0.05, 0.1) is 12.6 Å². The Labute approximate surface area is 154 Å². The fraction of sp³-hybridized carbons (Fsp3) is 0.550. The predicted molar refractivity (Wildman–Crippen MR) is 103 cm³/mol. The number of rotatable bonds is 5. The summed E-state index contributed by atoms with van der Waals surface area (Å²) in [6, 6.07) is 6.03.